The Morgan fingerprint density at radius 1 is 1.33 bits per heavy atom. The van der Waals surface area contributed by atoms with Crippen molar-refractivity contribution in [2.24, 2.45) is 10.1 Å². The van der Waals surface area contributed by atoms with Gasteiger partial charge in [0.1, 0.15) is 4.21 Å². The number of nitrogens with zero attached hydrogens (tertiary/aromatic N) is 1. The maximum absolute atomic E-state index is 11.2. The fraction of sp³-hybridized carbons (Fsp3) is 0.583. The first kappa shape index (κ1) is 20.6. The minimum atomic E-state index is -3.61. The van der Waals surface area contributed by atoms with Crippen LogP contribution in [-0.2, 0) is 16.6 Å². The van der Waals surface area contributed by atoms with Crippen molar-refractivity contribution in [2.75, 3.05) is 13.1 Å². The van der Waals surface area contributed by atoms with Crippen LogP contribution in [0.1, 0.15) is 31.6 Å². The molecule has 0 spiro atoms. The first-order valence-electron chi connectivity index (χ1n) is 6.61. The van der Waals surface area contributed by atoms with Crippen LogP contribution in [-0.4, -0.2) is 27.5 Å². The number of aliphatic imine (C=N–C) groups is 1. The largest absolute Gasteiger partial charge is 0.357 e. The quantitative estimate of drug-likeness (QED) is 0.258. The van der Waals surface area contributed by atoms with Crippen molar-refractivity contribution in [3.63, 3.8) is 0 Å². The highest BCUT2D eigenvalue weighted by atomic mass is 127. The molecule has 1 rings (SSSR count). The normalized spacial score (nSPS) is 11.9. The zero-order valence-corrected chi connectivity index (χ0v) is 16.2. The van der Waals surface area contributed by atoms with Gasteiger partial charge in [-0.15, -0.1) is 35.3 Å². The molecule has 9 heteroatoms. The molecule has 0 aliphatic carbocycles. The van der Waals surface area contributed by atoms with E-state index in [1.807, 2.05) is 6.92 Å². The molecule has 0 aromatic carbocycles. The van der Waals surface area contributed by atoms with Gasteiger partial charge >= 0.3 is 0 Å². The molecule has 122 valence electrons. The van der Waals surface area contributed by atoms with Gasteiger partial charge in [0.15, 0.2) is 5.96 Å². The minimum Gasteiger partial charge on any atom is -0.357 e. The molecule has 0 bridgehead atoms. The van der Waals surface area contributed by atoms with Crippen LogP contribution < -0.4 is 15.8 Å². The van der Waals surface area contributed by atoms with E-state index in [2.05, 4.69) is 22.5 Å². The lowest BCUT2D eigenvalue weighted by molar-refractivity contribution is 0.600. The molecule has 0 aliphatic rings. The Hall–Kier alpha value is -0.390. The van der Waals surface area contributed by atoms with Gasteiger partial charge in [0.25, 0.3) is 0 Å². The van der Waals surface area contributed by atoms with E-state index in [1.165, 1.54) is 6.07 Å². The Kier molecular flexibility index (Phi) is 10.2. The first-order valence-corrected chi connectivity index (χ1v) is 8.97. The van der Waals surface area contributed by atoms with E-state index in [0.717, 1.165) is 48.1 Å². The van der Waals surface area contributed by atoms with Gasteiger partial charge in [-0.05, 0) is 25.5 Å². The fourth-order valence-corrected chi connectivity index (χ4v) is 3.18. The van der Waals surface area contributed by atoms with E-state index >= 15 is 0 Å². The molecule has 0 radical (unpaired) electrons. The van der Waals surface area contributed by atoms with Crippen molar-refractivity contribution < 1.29 is 8.42 Å². The Morgan fingerprint density at radius 2 is 2.05 bits per heavy atom. The third-order valence-corrected chi connectivity index (χ3v) is 4.99. The molecular weight excluding hydrogens is 423 g/mol. The number of rotatable bonds is 7. The summed E-state index contributed by atoms with van der Waals surface area (Å²) in [5.41, 5.74) is 0. The standard InChI is InChI=1S/C12H22N4O2S2.HI/c1-3-5-8-15-12(14-4-2)16-9-10-6-7-11(19-10)20(13,17)18;/h6-7H,3-5,8-9H2,1-2H3,(H2,13,17,18)(H2,14,15,16);1H. The number of nitrogens with one attached hydrogen (secondary N) is 2. The summed E-state index contributed by atoms with van der Waals surface area (Å²) in [5, 5.41) is 11.5. The topological polar surface area (TPSA) is 96.6 Å². The molecule has 1 aromatic heterocycles. The number of nitrogens with two attached hydrogens (primary N) is 1. The van der Waals surface area contributed by atoms with Gasteiger partial charge in [0, 0.05) is 18.0 Å². The second-order valence-electron chi connectivity index (χ2n) is 4.24. The summed E-state index contributed by atoms with van der Waals surface area (Å²) >= 11 is 1.15. The molecule has 0 aliphatic heterocycles. The van der Waals surface area contributed by atoms with Gasteiger partial charge in [-0.3, -0.25) is 0 Å². The maximum Gasteiger partial charge on any atom is 0.247 e. The molecule has 1 heterocycles. The van der Waals surface area contributed by atoms with Crippen LogP contribution in [0.15, 0.2) is 21.3 Å². The van der Waals surface area contributed by atoms with Crippen molar-refractivity contribution in [1.29, 1.82) is 0 Å². The zero-order chi connectivity index (χ0) is 15.0. The van der Waals surface area contributed by atoms with Gasteiger partial charge in [0.05, 0.1) is 6.54 Å². The van der Waals surface area contributed by atoms with Crippen LogP contribution in [0.4, 0.5) is 0 Å². The number of hydrogen-bond acceptors (Lipinski definition) is 4. The average molecular weight is 446 g/mol. The van der Waals surface area contributed by atoms with Crippen LogP contribution in [0.25, 0.3) is 0 Å². The Labute approximate surface area is 147 Å². The Bertz CT molecular complexity index is 543. The highest BCUT2D eigenvalue weighted by molar-refractivity contribution is 14.0. The Morgan fingerprint density at radius 3 is 2.57 bits per heavy atom. The van der Waals surface area contributed by atoms with E-state index < -0.39 is 10.0 Å². The average Bonchev–Trinajstić information content (AvgIpc) is 2.85. The van der Waals surface area contributed by atoms with Crippen LogP contribution in [0.2, 0.25) is 0 Å². The lowest BCUT2D eigenvalue weighted by atomic mass is 10.3. The first-order chi connectivity index (χ1) is 9.47. The molecule has 1 aromatic rings. The second-order valence-corrected chi connectivity index (χ2v) is 7.20. The van der Waals surface area contributed by atoms with Crippen molar-refractivity contribution in [1.82, 2.24) is 10.6 Å². The molecule has 4 N–H and O–H groups in total. The minimum absolute atomic E-state index is 0. The number of unbranched alkanes of at least 4 members (excludes halogenated alkanes) is 1. The summed E-state index contributed by atoms with van der Waals surface area (Å²) in [6, 6.07) is 3.26. The molecule has 0 unspecified atom stereocenters. The van der Waals surface area contributed by atoms with Gasteiger partial charge < -0.3 is 10.6 Å². The summed E-state index contributed by atoms with van der Waals surface area (Å²) in [7, 11) is -3.61. The molecule has 21 heavy (non-hydrogen) atoms. The number of thiophene rings is 1. The van der Waals surface area contributed by atoms with Crippen LogP contribution in [0.5, 0.6) is 0 Å². The van der Waals surface area contributed by atoms with E-state index in [0.29, 0.717) is 6.54 Å². The number of guanidine groups is 1. The highest BCUT2D eigenvalue weighted by Gasteiger charge is 2.10. The summed E-state index contributed by atoms with van der Waals surface area (Å²) in [5.74, 6) is 0.742. The van der Waals surface area contributed by atoms with E-state index in [1.54, 1.807) is 6.07 Å². The fourth-order valence-electron chi connectivity index (χ4n) is 1.48. The van der Waals surface area contributed by atoms with E-state index in [-0.39, 0.29) is 28.2 Å². The predicted molar refractivity (Wildman–Crippen MR) is 98.8 cm³/mol. The molecule has 6 nitrogen and oxygen atoms in total. The molecule has 0 saturated heterocycles. The Balaban J connectivity index is 0.00000400. The van der Waals surface area contributed by atoms with Gasteiger partial charge in [-0.25, -0.2) is 18.5 Å². The maximum atomic E-state index is 11.2. The number of primary sulfonamides is 1. The molecule has 0 amide bonds. The highest BCUT2D eigenvalue weighted by Crippen LogP contribution is 2.20. The van der Waals surface area contributed by atoms with Crippen molar-refractivity contribution in [3.05, 3.63) is 17.0 Å². The molecule has 0 fully saturated rings. The van der Waals surface area contributed by atoms with Crippen molar-refractivity contribution in [2.45, 2.75) is 37.4 Å². The van der Waals surface area contributed by atoms with Gasteiger partial charge in [0.2, 0.25) is 10.0 Å². The van der Waals surface area contributed by atoms with E-state index in [4.69, 9.17) is 5.14 Å². The lowest BCUT2D eigenvalue weighted by Crippen LogP contribution is -2.37. The third kappa shape index (κ3) is 7.98. The zero-order valence-electron chi connectivity index (χ0n) is 12.3. The molecule has 0 atom stereocenters. The summed E-state index contributed by atoms with van der Waals surface area (Å²) in [4.78, 5) is 5.28. The summed E-state index contributed by atoms with van der Waals surface area (Å²) < 4.78 is 22.6. The third-order valence-electron chi connectivity index (χ3n) is 2.48. The SMILES string of the molecule is CCCCNC(=NCc1ccc(S(N)(=O)=O)s1)NCC.I. The van der Waals surface area contributed by atoms with Gasteiger partial charge in [-0.1, -0.05) is 13.3 Å². The lowest BCUT2D eigenvalue weighted by Gasteiger charge is -2.10. The smallest absolute Gasteiger partial charge is 0.247 e. The monoisotopic (exact) mass is 446 g/mol. The summed E-state index contributed by atoms with van der Waals surface area (Å²) in [6.45, 7) is 6.22. The number of sulfonamides is 1. The van der Waals surface area contributed by atoms with Gasteiger partial charge in [-0.2, -0.15) is 0 Å². The summed E-state index contributed by atoms with van der Waals surface area (Å²) in [6.07, 6.45) is 2.20. The van der Waals surface area contributed by atoms with Crippen LogP contribution in [0.3, 0.4) is 0 Å². The molecule has 0 saturated carbocycles. The number of hydrogen-bond donors (Lipinski definition) is 3. The van der Waals surface area contributed by atoms with E-state index in [9.17, 15) is 8.42 Å². The van der Waals surface area contributed by atoms with Crippen molar-refractivity contribution in [3.8, 4) is 0 Å². The predicted octanol–water partition coefficient (Wildman–Crippen LogP) is 1.87. The van der Waals surface area contributed by atoms with Crippen LogP contribution >= 0.6 is 35.3 Å². The molecular formula is C12H23IN4O2S2. The second kappa shape index (κ2) is 10.4. The van der Waals surface area contributed by atoms with Crippen molar-refractivity contribution >= 4 is 51.3 Å². The van der Waals surface area contributed by atoms with Crippen LogP contribution in [0, 0.1) is 0 Å². The number of halogens is 1.